The van der Waals surface area contributed by atoms with Crippen LogP contribution in [-0.4, -0.2) is 41.9 Å². The number of hydrogen-bond acceptors (Lipinski definition) is 4. The second kappa shape index (κ2) is 6.48. The number of nitrogens with zero attached hydrogens (tertiary/aromatic N) is 1. The second-order valence-corrected chi connectivity index (χ2v) is 7.03. The standard InChI is InChI=1S/C18H24N4O3/c1-11-4-3-9-22(14(11)10-19)15(23)12-5-7-13(8-6-12)18(2)16(24)20-17(25)21-18/h5-8,11,14H,3-4,9-10,19H2,1-2H3,(H2,20,21,24,25). The smallest absolute Gasteiger partial charge is 0.322 e. The Bertz CT molecular complexity index is 703. The predicted molar refractivity (Wildman–Crippen MR) is 92.7 cm³/mol. The van der Waals surface area contributed by atoms with Gasteiger partial charge in [0.2, 0.25) is 0 Å². The van der Waals surface area contributed by atoms with Crippen LogP contribution in [0.4, 0.5) is 4.79 Å². The monoisotopic (exact) mass is 344 g/mol. The van der Waals surface area contributed by atoms with Crippen LogP contribution >= 0.6 is 0 Å². The van der Waals surface area contributed by atoms with E-state index in [1.54, 1.807) is 31.2 Å². The van der Waals surface area contributed by atoms with Crippen LogP contribution in [0, 0.1) is 5.92 Å². The molecule has 0 spiro atoms. The lowest BCUT2D eigenvalue weighted by Gasteiger charge is -2.39. The maximum atomic E-state index is 12.9. The number of likely N-dealkylation sites (tertiary alicyclic amines) is 1. The Hall–Kier alpha value is -2.41. The molecule has 1 aromatic carbocycles. The summed E-state index contributed by atoms with van der Waals surface area (Å²) >= 11 is 0. The summed E-state index contributed by atoms with van der Waals surface area (Å²) < 4.78 is 0. The molecule has 0 aromatic heterocycles. The molecule has 3 unspecified atom stereocenters. The first-order valence-electron chi connectivity index (χ1n) is 8.62. The van der Waals surface area contributed by atoms with E-state index in [0.717, 1.165) is 12.8 Å². The minimum Gasteiger partial charge on any atom is -0.334 e. The van der Waals surface area contributed by atoms with Crippen LogP contribution < -0.4 is 16.4 Å². The Labute approximate surface area is 146 Å². The molecule has 3 rings (SSSR count). The lowest BCUT2D eigenvalue weighted by atomic mass is 9.89. The zero-order chi connectivity index (χ0) is 18.2. The van der Waals surface area contributed by atoms with Crippen LogP contribution in [0.3, 0.4) is 0 Å². The van der Waals surface area contributed by atoms with E-state index in [-0.39, 0.29) is 11.9 Å². The van der Waals surface area contributed by atoms with Crippen molar-refractivity contribution >= 4 is 17.8 Å². The lowest BCUT2D eigenvalue weighted by molar-refractivity contribution is -0.123. The van der Waals surface area contributed by atoms with Gasteiger partial charge in [0.1, 0.15) is 5.54 Å². The van der Waals surface area contributed by atoms with E-state index in [2.05, 4.69) is 17.6 Å². The highest BCUT2D eigenvalue weighted by Gasteiger charge is 2.43. The molecule has 134 valence electrons. The number of nitrogens with one attached hydrogen (secondary N) is 2. The third-order valence-electron chi connectivity index (χ3n) is 5.37. The summed E-state index contributed by atoms with van der Waals surface area (Å²) in [6.07, 6.45) is 2.06. The van der Waals surface area contributed by atoms with Gasteiger partial charge in [0.15, 0.2) is 0 Å². The summed E-state index contributed by atoms with van der Waals surface area (Å²) in [6, 6.07) is 6.37. The molecule has 25 heavy (non-hydrogen) atoms. The van der Waals surface area contributed by atoms with Crippen LogP contribution in [0.2, 0.25) is 0 Å². The number of rotatable bonds is 3. The molecule has 2 fully saturated rings. The van der Waals surface area contributed by atoms with Crippen molar-refractivity contribution < 1.29 is 14.4 Å². The van der Waals surface area contributed by atoms with E-state index in [1.165, 1.54) is 0 Å². The van der Waals surface area contributed by atoms with E-state index in [9.17, 15) is 14.4 Å². The Morgan fingerprint density at radius 3 is 2.56 bits per heavy atom. The minimum atomic E-state index is -1.11. The topological polar surface area (TPSA) is 105 Å². The van der Waals surface area contributed by atoms with E-state index >= 15 is 0 Å². The highest BCUT2D eigenvalue weighted by atomic mass is 16.2. The first-order valence-corrected chi connectivity index (χ1v) is 8.62. The Balaban J connectivity index is 1.81. The van der Waals surface area contributed by atoms with Crippen molar-refractivity contribution in [3.8, 4) is 0 Å². The maximum Gasteiger partial charge on any atom is 0.322 e. The summed E-state index contributed by atoms with van der Waals surface area (Å²) in [5, 5.41) is 4.85. The first-order chi connectivity index (χ1) is 11.9. The van der Waals surface area contributed by atoms with Gasteiger partial charge in [-0.15, -0.1) is 0 Å². The van der Waals surface area contributed by atoms with Gasteiger partial charge in [-0.1, -0.05) is 19.1 Å². The van der Waals surface area contributed by atoms with E-state index in [1.807, 2.05) is 4.90 Å². The van der Waals surface area contributed by atoms with Gasteiger partial charge in [-0.2, -0.15) is 0 Å². The van der Waals surface area contributed by atoms with Crippen molar-refractivity contribution in [2.75, 3.05) is 13.1 Å². The summed E-state index contributed by atoms with van der Waals surface area (Å²) in [7, 11) is 0. The zero-order valence-electron chi connectivity index (χ0n) is 14.5. The SMILES string of the molecule is CC1CCCN(C(=O)c2ccc(C3(C)NC(=O)NC3=O)cc2)C1CN. The average Bonchev–Trinajstić information content (AvgIpc) is 2.87. The number of amides is 4. The largest absolute Gasteiger partial charge is 0.334 e. The number of carbonyl (C=O) groups is 3. The molecular weight excluding hydrogens is 320 g/mol. The fourth-order valence-electron chi connectivity index (χ4n) is 3.72. The highest BCUT2D eigenvalue weighted by molar-refractivity contribution is 6.07. The number of carbonyl (C=O) groups excluding carboxylic acids is 3. The van der Waals surface area contributed by atoms with Gasteiger partial charge in [-0.3, -0.25) is 14.9 Å². The summed E-state index contributed by atoms with van der Waals surface area (Å²) in [5.41, 5.74) is 5.95. The van der Waals surface area contributed by atoms with Crippen LogP contribution in [-0.2, 0) is 10.3 Å². The van der Waals surface area contributed by atoms with Crippen molar-refractivity contribution in [2.45, 2.75) is 38.3 Å². The van der Waals surface area contributed by atoms with Crippen LogP contribution in [0.1, 0.15) is 42.6 Å². The van der Waals surface area contributed by atoms with Gasteiger partial charge in [0.25, 0.3) is 11.8 Å². The number of nitrogens with two attached hydrogens (primary N) is 1. The normalized spacial score (nSPS) is 29.3. The Kier molecular flexibility index (Phi) is 4.51. The predicted octanol–water partition coefficient (Wildman–Crippen LogP) is 0.941. The molecule has 7 nitrogen and oxygen atoms in total. The molecule has 0 radical (unpaired) electrons. The summed E-state index contributed by atoms with van der Waals surface area (Å²) in [6.45, 7) is 4.93. The average molecular weight is 344 g/mol. The van der Waals surface area contributed by atoms with Crippen LogP contribution in [0.15, 0.2) is 24.3 Å². The maximum absolute atomic E-state index is 12.9. The number of imide groups is 1. The molecule has 2 heterocycles. The zero-order valence-corrected chi connectivity index (χ0v) is 14.5. The number of hydrogen-bond donors (Lipinski definition) is 3. The molecule has 1 aromatic rings. The van der Waals surface area contributed by atoms with E-state index in [4.69, 9.17) is 5.73 Å². The molecule has 4 N–H and O–H groups in total. The highest BCUT2D eigenvalue weighted by Crippen LogP contribution is 2.27. The van der Waals surface area contributed by atoms with Gasteiger partial charge in [-0.05, 0) is 43.4 Å². The molecule has 2 saturated heterocycles. The number of piperidine rings is 1. The van der Waals surface area contributed by atoms with Crippen molar-refractivity contribution in [3.05, 3.63) is 35.4 Å². The first kappa shape index (κ1) is 17.4. The van der Waals surface area contributed by atoms with E-state index < -0.39 is 17.5 Å². The summed E-state index contributed by atoms with van der Waals surface area (Å²) in [5.74, 6) is -0.0541. The van der Waals surface area contributed by atoms with Gasteiger partial charge >= 0.3 is 6.03 Å². The van der Waals surface area contributed by atoms with Crippen molar-refractivity contribution in [2.24, 2.45) is 11.7 Å². The Morgan fingerprint density at radius 1 is 1.32 bits per heavy atom. The lowest BCUT2D eigenvalue weighted by Crippen LogP contribution is -2.51. The number of benzene rings is 1. The molecular formula is C18H24N4O3. The minimum absolute atomic E-state index is 0.0430. The van der Waals surface area contributed by atoms with Crippen molar-refractivity contribution in [3.63, 3.8) is 0 Å². The third-order valence-corrected chi connectivity index (χ3v) is 5.37. The third kappa shape index (κ3) is 3.00. The molecule has 0 bridgehead atoms. The molecule has 2 aliphatic rings. The fourth-order valence-corrected chi connectivity index (χ4v) is 3.72. The fraction of sp³-hybridized carbons (Fsp3) is 0.500. The van der Waals surface area contributed by atoms with Crippen molar-refractivity contribution in [1.29, 1.82) is 0 Å². The van der Waals surface area contributed by atoms with Gasteiger partial charge in [0, 0.05) is 24.7 Å². The van der Waals surface area contributed by atoms with Crippen LogP contribution in [0.25, 0.3) is 0 Å². The van der Waals surface area contributed by atoms with Gasteiger partial charge in [0.05, 0.1) is 0 Å². The Morgan fingerprint density at radius 2 is 2.00 bits per heavy atom. The van der Waals surface area contributed by atoms with Gasteiger partial charge in [-0.25, -0.2) is 4.79 Å². The quantitative estimate of drug-likeness (QED) is 0.710. The van der Waals surface area contributed by atoms with Crippen LogP contribution in [0.5, 0.6) is 0 Å². The van der Waals surface area contributed by atoms with E-state index in [0.29, 0.717) is 30.1 Å². The summed E-state index contributed by atoms with van der Waals surface area (Å²) in [4.78, 5) is 38.1. The van der Waals surface area contributed by atoms with Crippen molar-refractivity contribution in [1.82, 2.24) is 15.5 Å². The second-order valence-electron chi connectivity index (χ2n) is 7.03. The molecule has 2 aliphatic heterocycles. The molecule has 0 saturated carbocycles. The van der Waals surface area contributed by atoms with Gasteiger partial charge < -0.3 is 16.0 Å². The molecule has 0 aliphatic carbocycles. The number of urea groups is 1. The molecule has 3 atom stereocenters. The molecule has 4 amide bonds. The molecule has 7 heteroatoms.